The lowest BCUT2D eigenvalue weighted by Gasteiger charge is -2.31. The summed E-state index contributed by atoms with van der Waals surface area (Å²) >= 11 is 0. The Labute approximate surface area is 130 Å². The molecule has 1 atom stereocenters. The number of rotatable bonds is 5. The zero-order valence-electron chi connectivity index (χ0n) is 13.6. The minimum atomic E-state index is 0.121. The molecule has 1 heteroatoms. The summed E-state index contributed by atoms with van der Waals surface area (Å²) in [6.07, 6.45) is 11.3. The zero-order chi connectivity index (χ0) is 15.3. The van der Waals surface area contributed by atoms with Gasteiger partial charge >= 0.3 is 0 Å². The summed E-state index contributed by atoms with van der Waals surface area (Å²) in [7, 11) is 0. The molecule has 1 fully saturated rings. The highest BCUT2D eigenvalue weighted by atomic mass is 15.2. The van der Waals surface area contributed by atoms with Crippen LogP contribution >= 0.6 is 0 Å². The Morgan fingerprint density at radius 3 is 2.62 bits per heavy atom. The van der Waals surface area contributed by atoms with Gasteiger partial charge in [-0.3, -0.25) is 4.90 Å². The fourth-order valence-corrected chi connectivity index (χ4v) is 3.42. The van der Waals surface area contributed by atoms with Crippen LogP contribution in [-0.4, -0.2) is 24.0 Å². The van der Waals surface area contributed by atoms with Gasteiger partial charge in [-0.15, -0.1) is 6.42 Å². The molecule has 2 rings (SSSR count). The molecule has 0 aliphatic carbocycles. The van der Waals surface area contributed by atoms with E-state index in [1.54, 1.807) is 0 Å². The van der Waals surface area contributed by atoms with E-state index < -0.39 is 0 Å². The van der Waals surface area contributed by atoms with Crippen molar-refractivity contribution in [2.45, 2.75) is 46.1 Å². The zero-order valence-corrected chi connectivity index (χ0v) is 13.6. The third kappa shape index (κ3) is 3.57. The minimum absolute atomic E-state index is 0.121. The summed E-state index contributed by atoms with van der Waals surface area (Å²) in [6.45, 7) is 8.95. The molecule has 112 valence electrons. The van der Waals surface area contributed by atoms with E-state index in [1.165, 1.54) is 11.1 Å². The van der Waals surface area contributed by atoms with Crippen LogP contribution < -0.4 is 0 Å². The molecule has 1 aliphatic heterocycles. The summed E-state index contributed by atoms with van der Waals surface area (Å²) < 4.78 is 0. The summed E-state index contributed by atoms with van der Waals surface area (Å²) in [5.41, 5.74) is 2.72. The predicted octanol–water partition coefficient (Wildman–Crippen LogP) is 4.30. The molecule has 1 aromatic carbocycles. The Balaban J connectivity index is 2.32. The van der Waals surface area contributed by atoms with E-state index in [2.05, 4.69) is 68.0 Å². The number of likely N-dealkylation sites (tertiary alicyclic amines) is 1. The number of allylic oxidation sites excluding steroid dienone is 1. The van der Waals surface area contributed by atoms with E-state index in [4.69, 9.17) is 6.42 Å². The van der Waals surface area contributed by atoms with Gasteiger partial charge in [0.05, 0.1) is 0 Å². The van der Waals surface area contributed by atoms with E-state index >= 15 is 0 Å². The summed E-state index contributed by atoms with van der Waals surface area (Å²) in [5.74, 6) is 3.00. The molecule has 1 nitrogen and oxygen atoms in total. The number of hydrogen-bond donors (Lipinski definition) is 0. The largest absolute Gasteiger partial charge is 0.300 e. The highest BCUT2D eigenvalue weighted by molar-refractivity contribution is 5.36. The molecule has 0 spiro atoms. The highest BCUT2D eigenvalue weighted by Gasteiger charge is 2.41. The van der Waals surface area contributed by atoms with Crippen molar-refractivity contribution in [3.63, 3.8) is 0 Å². The molecule has 1 heterocycles. The number of terminal acetylenes is 1. The van der Waals surface area contributed by atoms with Crippen LogP contribution in [0.4, 0.5) is 0 Å². The van der Waals surface area contributed by atoms with Crippen molar-refractivity contribution in [3.05, 3.63) is 47.5 Å². The predicted molar refractivity (Wildman–Crippen MR) is 91.1 cm³/mol. The fourth-order valence-electron chi connectivity index (χ4n) is 3.42. The average Bonchev–Trinajstić information content (AvgIpc) is 2.91. The lowest BCUT2D eigenvalue weighted by molar-refractivity contribution is 0.243. The van der Waals surface area contributed by atoms with Crippen LogP contribution in [0.1, 0.15) is 39.2 Å². The first-order chi connectivity index (χ1) is 10.1. The van der Waals surface area contributed by atoms with Gasteiger partial charge in [0.1, 0.15) is 0 Å². The smallest absolute Gasteiger partial charge is 0.0209 e. The van der Waals surface area contributed by atoms with Gasteiger partial charge in [0.2, 0.25) is 0 Å². The molecule has 21 heavy (non-hydrogen) atoms. The quantitative estimate of drug-likeness (QED) is 0.727. The van der Waals surface area contributed by atoms with Crippen LogP contribution in [0.3, 0.4) is 0 Å². The number of benzene rings is 1. The SMILES string of the molecule is C#C/C(=C\CC)C1(Cc2ccccc2)CCN(C(C)C)C1. The Bertz CT molecular complexity index is 521. The molecule has 0 radical (unpaired) electrons. The summed E-state index contributed by atoms with van der Waals surface area (Å²) in [6, 6.07) is 11.4. The normalized spacial score (nSPS) is 23.5. The van der Waals surface area contributed by atoms with Crippen LogP contribution in [0.2, 0.25) is 0 Å². The van der Waals surface area contributed by atoms with Crippen LogP contribution in [0.25, 0.3) is 0 Å². The second-order valence-electron chi connectivity index (χ2n) is 6.43. The van der Waals surface area contributed by atoms with Gasteiger partial charge < -0.3 is 0 Å². The highest BCUT2D eigenvalue weighted by Crippen LogP contribution is 2.41. The second-order valence-corrected chi connectivity index (χ2v) is 6.43. The van der Waals surface area contributed by atoms with Gasteiger partial charge in [-0.1, -0.05) is 49.3 Å². The van der Waals surface area contributed by atoms with Crippen molar-refractivity contribution in [1.29, 1.82) is 0 Å². The fraction of sp³-hybridized carbons (Fsp3) is 0.500. The first-order valence-electron chi connectivity index (χ1n) is 8.06. The van der Waals surface area contributed by atoms with Crippen molar-refractivity contribution in [2.24, 2.45) is 5.41 Å². The monoisotopic (exact) mass is 281 g/mol. The van der Waals surface area contributed by atoms with Crippen molar-refractivity contribution < 1.29 is 0 Å². The van der Waals surface area contributed by atoms with Gasteiger partial charge in [-0.25, -0.2) is 0 Å². The van der Waals surface area contributed by atoms with Crippen molar-refractivity contribution in [3.8, 4) is 12.3 Å². The molecule has 0 aromatic heterocycles. The van der Waals surface area contributed by atoms with E-state index in [1.807, 2.05) is 0 Å². The van der Waals surface area contributed by atoms with Crippen molar-refractivity contribution in [2.75, 3.05) is 13.1 Å². The second kappa shape index (κ2) is 6.96. The summed E-state index contributed by atoms with van der Waals surface area (Å²) in [5, 5.41) is 0. The first-order valence-corrected chi connectivity index (χ1v) is 8.06. The lowest BCUT2D eigenvalue weighted by atomic mass is 9.74. The molecule has 1 aliphatic rings. The molecular weight excluding hydrogens is 254 g/mol. The van der Waals surface area contributed by atoms with Crippen LogP contribution in [0, 0.1) is 17.8 Å². The Morgan fingerprint density at radius 1 is 1.38 bits per heavy atom. The topological polar surface area (TPSA) is 3.24 Å². The Kier molecular flexibility index (Phi) is 5.26. The molecule has 1 unspecified atom stereocenters. The standard InChI is InChI=1S/C20H27N/c1-5-10-19(6-2)20(13-14-21(16-20)17(3)4)15-18-11-8-7-9-12-18/h2,7-12,17H,5,13-16H2,1,3-4H3/b19-10+. The van der Waals surface area contributed by atoms with Gasteiger partial charge in [-0.2, -0.15) is 0 Å². The van der Waals surface area contributed by atoms with Gasteiger partial charge in [0, 0.05) is 23.6 Å². The van der Waals surface area contributed by atoms with Crippen LogP contribution in [0.15, 0.2) is 42.0 Å². The molecule has 0 amide bonds. The molecular formula is C20H27N. The molecule has 0 saturated carbocycles. The lowest BCUT2D eigenvalue weighted by Crippen LogP contribution is -2.34. The number of hydrogen-bond acceptors (Lipinski definition) is 1. The maximum Gasteiger partial charge on any atom is 0.0209 e. The third-order valence-corrected chi connectivity index (χ3v) is 4.63. The van der Waals surface area contributed by atoms with E-state index in [9.17, 15) is 0 Å². The van der Waals surface area contributed by atoms with Gasteiger partial charge in [0.15, 0.2) is 0 Å². The maximum atomic E-state index is 5.86. The Hall–Kier alpha value is -1.52. The minimum Gasteiger partial charge on any atom is -0.300 e. The van der Waals surface area contributed by atoms with Crippen LogP contribution in [0.5, 0.6) is 0 Å². The van der Waals surface area contributed by atoms with Gasteiger partial charge in [0.25, 0.3) is 0 Å². The molecule has 1 saturated heterocycles. The molecule has 0 N–H and O–H groups in total. The van der Waals surface area contributed by atoms with Crippen LogP contribution in [-0.2, 0) is 6.42 Å². The van der Waals surface area contributed by atoms with Crippen molar-refractivity contribution in [1.82, 2.24) is 4.90 Å². The first kappa shape index (κ1) is 15.9. The maximum absolute atomic E-state index is 5.86. The third-order valence-electron chi connectivity index (χ3n) is 4.63. The van der Waals surface area contributed by atoms with Gasteiger partial charge in [-0.05, 0) is 45.2 Å². The Morgan fingerprint density at radius 2 is 2.10 bits per heavy atom. The van der Waals surface area contributed by atoms with E-state index in [-0.39, 0.29) is 5.41 Å². The van der Waals surface area contributed by atoms with E-state index in [0.717, 1.165) is 32.4 Å². The van der Waals surface area contributed by atoms with Crippen molar-refractivity contribution >= 4 is 0 Å². The summed E-state index contributed by atoms with van der Waals surface area (Å²) in [4.78, 5) is 2.56. The molecule has 0 bridgehead atoms. The number of nitrogens with zero attached hydrogens (tertiary/aromatic N) is 1. The van der Waals surface area contributed by atoms with E-state index in [0.29, 0.717) is 6.04 Å². The molecule has 1 aromatic rings. The average molecular weight is 281 g/mol.